The Labute approximate surface area is 201 Å². The quantitative estimate of drug-likeness (QED) is 0.340. The molecule has 0 aliphatic heterocycles. The molecule has 0 unspecified atom stereocenters. The number of nitrogens with zero attached hydrogens (tertiary/aromatic N) is 3. The highest BCUT2D eigenvalue weighted by Crippen LogP contribution is 2.24. The van der Waals surface area contributed by atoms with Gasteiger partial charge in [-0.2, -0.15) is 0 Å². The van der Waals surface area contributed by atoms with E-state index in [4.69, 9.17) is 5.73 Å². The average Bonchev–Trinajstić information content (AvgIpc) is 2.88. The molecule has 178 valence electrons. The van der Waals surface area contributed by atoms with Crippen LogP contribution in [0.5, 0.6) is 0 Å². The number of halogens is 2. The Bertz CT molecular complexity index is 1320. The third kappa shape index (κ3) is 6.01. The molecule has 35 heavy (non-hydrogen) atoms. The number of rotatable bonds is 9. The predicted molar refractivity (Wildman–Crippen MR) is 129 cm³/mol. The lowest BCUT2D eigenvalue weighted by Gasteiger charge is -2.14. The van der Waals surface area contributed by atoms with Gasteiger partial charge in [-0.15, -0.1) is 0 Å². The Morgan fingerprint density at radius 3 is 2.60 bits per heavy atom. The van der Waals surface area contributed by atoms with Crippen LogP contribution >= 0.6 is 0 Å². The molecule has 0 bridgehead atoms. The zero-order valence-corrected chi connectivity index (χ0v) is 18.8. The lowest BCUT2D eigenvalue weighted by atomic mass is 10.1. The summed E-state index contributed by atoms with van der Waals surface area (Å²) < 4.78 is 28.5. The molecule has 4 aromatic rings. The number of benzene rings is 1. The van der Waals surface area contributed by atoms with Crippen molar-refractivity contribution >= 4 is 11.7 Å². The lowest BCUT2D eigenvalue weighted by Crippen LogP contribution is -2.26. The smallest absolute Gasteiger partial charge is 0.255 e. The molecule has 1 aromatic carbocycles. The van der Waals surface area contributed by atoms with Crippen LogP contribution in [0.4, 0.5) is 14.6 Å². The minimum Gasteiger partial charge on any atom is -0.369 e. The zero-order chi connectivity index (χ0) is 24.6. The first-order valence-corrected chi connectivity index (χ1v) is 11.1. The molecule has 0 aliphatic rings. The summed E-state index contributed by atoms with van der Waals surface area (Å²) in [5.41, 5.74) is 8.33. The van der Waals surface area contributed by atoms with Crippen LogP contribution in [0.3, 0.4) is 0 Å². The normalized spacial score (nSPS) is 10.7. The number of hydrogen-bond acceptors (Lipinski definition) is 6. The molecule has 0 saturated carbocycles. The van der Waals surface area contributed by atoms with E-state index in [0.717, 1.165) is 17.2 Å². The van der Waals surface area contributed by atoms with Crippen molar-refractivity contribution in [2.45, 2.75) is 19.5 Å². The fourth-order valence-corrected chi connectivity index (χ4v) is 3.58. The van der Waals surface area contributed by atoms with Crippen LogP contribution in [0.1, 0.15) is 27.2 Å². The summed E-state index contributed by atoms with van der Waals surface area (Å²) in [6, 6.07) is 16.0. The largest absolute Gasteiger partial charge is 0.369 e. The second kappa shape index (κ2) is 11.3. The van der Waals surface area contributed by atoms with E-state index in [2.05, 4.69) is 25.6 Å². The van der Waals surface area contributed by atoms with E-state index in [0.29, 0.717) is 24.4 Å². The SMILES string of the molecule is NCc1ncccc1CNC(=O)c1cc(F)c(-c2ccccn2)nc1NCCc1cccc(F)c1. The number of nitrogens with one attached hydrogen (secondary N) is 2. The highest BCUT2D eigenvalue weighted by atomic mass is 19.1. The number of carbonyl (C=O) groups excluding carboxylic acids is 1. The van der Waals surface area contributed by atoms with Crippen LogP contribution in [0.15, 0.2) is 73.1 Å². The molecular weight excluding hydrogens is 450 g/mol. The van der Waals surface area contributed by atoms with E-state index < -0.39 is 11.7 Å². The van der Waals surface area contributed by atoms with Crippen molar-refractivity contribution in [3.63, 3.8) is 0 Å². The molecule has 0 atom stereocenters. The standard InChI is InChI=1S/C26H24F2N6O/c27-19-7-3-5-17(13-19)9-12-32-25-20(14-21(28)24(34-25)22-8-1-2-10-30-22)26(35)33-16-18-6-4-11-31-23(18)15-29/h1-8,10-11,13-14H,9,12,15-16,29H2,(H,32,34)(H,33,35). The molecule has 0 fully saturated rings. The van der Waals surface area contributed by atoms with Crippen molar-refractivity contribution in [3.05, 3.63) is 107 Å². The molecule has 0 aliphatic carbocycles. The number of hydrogen-bond donors (Lipinski definition) is 3. The van der Waals surface area contributed by atoms with Crippen molar-refractivity contribution in [2.75, 3.05) is 11.9 Å². The first-order valence-electron chi connectivity index (χ1n) is 11.1. The minimum atomic E-state index is -0.673. The third-order valence-corrected chi connectivity index (χ3v) is 5.34. The number of carbonyl (C=O) groups is 1. The van der Waals surface area contributed by atoms with Crippen LogP contribution in [-0.4, -0.2) is 27.4 Å². The van der Waals surface area contributed by atoms with Crippen LogP contribution in [0, 0.1) is 11.6 Å². The highest BCUT2D eigenvalue weighted by Gasteiger charge is 2.19. The monoisotopic (exact) mass is 474 g/mol. The Morgan fingerprint density at radius 2 is 1.83 bits per heavy atom. The summed E-state index contributed by atoms with van der Waals surface area (Å²) in [4.78, 5) is 25.8. The molecule has 3 aromatic heterocycles. The van der Waals surface area contributed by atoms with Crippen LogP contribution in [0.25, 0.3) is 11.4 Å². The lowest BCUT2D eigenvalue weighted by molar-refractivity contribution is 0.0951. The molecule has 0 saturated heterocycles. The van der Waals surface area contributed by atoms with Gasteiger partial charge in [-0.1, -0.05) is 24.3 Å². The maximum absolute atomic E-state index is 15.0. The Kier molecular flexibility index (Phi) is 7.69. The van der Waals surface area contributed by atoms with E-state index in [1.54, 1.807) is 42.6 Å². The fourth-order valence-electron chi connectivity index (χ4n) is 3.58. The van der Waals surface area contributed by atoms with Gasteiger partial charge in [-0.05, 0) is 53.9 Å². The maximum atomic E-state index is 15.0. The van der Waals surface area contributed by atoms with Gasteiger partial charge in [0.25, 0.3) is 5.91 Å². The van der Waals surface area contributed by atoms with Crippen molar-refractivity contribution in [2.24, 2.45) is 5.73 Å². The van der Waals surface area contributed by atoms with Gasteiger partial charge in [0.15, 0.2) is 5.82 Å². The number of amides is 1. The molecular formula is C26H24F2N6O. The molecule has 9 heteroatoms. The molecule has 7 nitrogen and oxygen atoms in total. The number of aromatic nitrogens is 3. The number of pyridine rings is 3. The van der Waals surface area contributed by atoms with Crippen molar-refractivity contribution < 1.29 is 13.6 Å². The van der Waals surface area contributed by atoms with Crippen LogP contribution in [0.2, 0.25) is 0 Å². The first kappa shape index (κ1) is 23.9. The average molecular weight is 475 g/mol. The number of anilines is 1. The fraction of sp³-hybridized carbons (Fsp3) is 0.154. The van der Waals surface area contributed by atoms with Gasteiger partial charge in [0, 0.05) is 32.0 Å². The highest BCUT2D eigenvalue weighted by molar-refractivity contribution is 5.99. The summed E-state index contributed by atoms with van der Waals surface area (Å²) in [6.45, 7) is 0.753. The van der Waals surface area contributed by atoms with E-state index in [1.165, 1.54) is 18.3 Å². The Hall–Kier alpha value is -4.24. The van der Waals surface area contributed by atoms with E-state index in [9.17, 15) is 9.18 Å². The van der Waals surface area contributed by atoms with E-state index >= 15 is 4.39 Å². The van der Waals surface area contributed by atoms with Crippen LogP contribution < -0.4 is 16.4 Å². The second-order valence-electron chi connectivity index (χ2n) is 7.73. The van der Waals surface area contributed by atoms with Gasteiger partial charge in [0.2, 0.25) is 0 Å². The summed E-state index contributed by atoms with van der Waals surface area (Å²) in [7, 11) is 0. The topological polar surface area (TPSA) is 106 Å². The number of nitrogens with two attached hydrogens (primary N) is 1. The van der Waals surface area contributed by atoms with Crippen LogP contribution in [-0.2, 0) is 19.5 Å². The van der Waals surface area contributed by atoms with Gasteiger partial charge in [-0.25, -0.2) is 13.8 Å². The van der Waals surface area contributed by atoms with Crippen molar-refractivity contribution in [3.8, 4) is 11.4 Å². The van der Waals surface area contributed by atoms with Gasteiger partial charge in [-0.3, -0.25) is 14.8 Å². The summed E-state index contributed by atoms with van der Waals surface area (Å²) in [5.74, 6) is -1.31. The van der Waals surface area contributed by atoms with E-state index in [-0.39, 0.29) is 36.0 Å². The molecule has 4 N–H and O–H groups in total. The molecule has 0 spiro atoms. The predicted octanol–water partition coefficient (Wildman–Crippen LogP) is 3.86. The zero-order valence-electron chi connectivity index (χ0n) is 18.8. The molecule has 4 rings (SSSR count). The van der Waals surface area contributed by atoms with E-state index in [1.807, 2.05) is 6.07 Å². The van der Waals surface area contributed by atoms with Gasteiger partial charge < -0.3 is 16.4 Å². The molecule has 1 amide bonds. The van der Waals surface area contributed by atoms with Gasteiger partial charge >= 0.3 is 0 Å². The van der Waals surface area contributed by atoms with Gasteiger partial charge in [0.1, 0.15) is 17.3 Å². The maximum Gasteiger partial charge on any atom is 0.255 e. The van der Waals surface area contributed by atoms with Gasteiger partial charge in [0.05, 0.1) is 17.0 Å². The van der Waals surface area contributed by atoms with Crippen molar-refractivity contribution in [1.29, 1.82) is 0 Å². The Morgan fingerprint density at radius 1 is 0.971 bits per heavy atom. The van der Waals surface area contributed by atoms with Crippen molar-refractivity contribution in [1.82, 2.24) is 20.3 Å². The third-order valence-electron chi connectivity index (χ3n) is 5.34. The molecule has 3 heterocycles. The summed E-state index contributed by atoms with van der Waals surface area (Å²) in [5, 5.41) is 5.89. The minimum absolute atomic E-state index is 0.0214. The first-order chi connectivity index (χ1) is 17.0. The summed E-state index contributed by atoms with van der Waals surface area (Å²) in [6.07, 6.45) is 3.65. The Balaban J connectivity index is 1.58. The molecule has 0 radical (unpaired) electrons. The second-order valence-corrected chi connectivity index (χ2v) is 7.73. The summed E-state index contributed by atoms with van der Waals surface area (Å²) >= 11 is 0.